The Balaban J connectivity index is 1.71. The topological polar surface area (TPSA) is 71.2 Å². The van der Waals surface area contributed by atoms with Gasteiger partial charge in [0, 0.05) is 19.6 Å². The van der Waals surface area contributed by atoms with E-state index in [1.165, 1.54) is 4.90 Å². The Labute approximate surface area is 124 Å². The molecule has 1 saturated heterocycles. The second-order valence-electron chi connectivity index (χ2n) is 5.11. The highest BCUT2D eigenvalue weighted by molar-refractivity contribution is 9.10. The van der Waals surface area contributed by atoms with Crippen LogP contribution in [0.3, 0.4) is 0 Å². The lowest BCUT2D eigenvalue weighted by atomic mass is 9.97. The summed E-state index contributed by atoms with van der Waals surface area (Å²) in [6, 6.07) is 1.97. The molecular formula is C13H15BrN4O2. The molecule has 0 bridgehead atoms. The van der Waals surface area contributed by atoms with Gasteiger partial charge in [0.15, 0.2) is 0 Å². The predicted octanol–water partition coefficient (Wildman–Crippen LogP) is 2.58. The molecule has 3 rings (SSSR count). The fourth-order valence-corrected chi connectivity index (χ4v) is 2.99. The van der Waals surface area contributed by atoms with Crippen molar-refractivity contribution >= 4 is 33.1 Å². The summed E-state index contributed by atoms with van der Waals surface area (Å²) in [5.41, 5.74) is 1.95. The molecule has 2 aromatic heterocycles. The van der Waals surface area contributed by atoms with E-state index in [1.54, 1.807) is 6.20 Å². The SMILES string of the molecule is O=C(O)N1CCC(Cn2cnc3cnc(Br)cc32)CC1. The van der Waals surface area contributed by atoms with Gasteiger partial charge in [0.05, 0.1) is 18.0 Å². The van der Waals surface area contributed by atoms with Crippen LogP contribution in [0.4, 0.5) is 4.79 Å². The molecule has 0 atom stereocenters. The van der Waals surface area contributed by atoms with Gasteiger partial charge in [-0.05, 0) is 40.8 Å². The van der Waals surface area contributed by atoms with Gasteiger partial charge in [0.25, 0.3) is 0 Å². The molecule has 1 fully saturated rings. The molecule has 106 valence electrons. The first-order valence-electron chi connectivity index (χ1n) is 6.58. The summed E-state index contributed by atoms with van der Waals surface area (Å²) in [6.45, 7) is 2.12. The number of pyridine rings is 1. The number of amides is 1. The van der Waals surface area contributed by atoms with E-state index in [0.717, 1.165) is 35.0 Å². The third-order valence-electron chi connectivity index (χ3n) is 3.81. The number of aromatic nitrogens is 3. The monoisotopic (exact) mass is 338 g/mol. The summed E-state index contributed by atoms with van der Waals surface area (Å²) in [6.07, 6.45) is 4.58. The molecule has 1 N–H and O–H groups in total. The van der Waals surface area contributed by atoms with E-state index in [9.17, 15) is 4.79 Å². The predicted molar refractivity (Wildman–Crippen MR) is 77.5 cm³/mol. The van der Waals surface area contributed by atoms with Crippen LogP contribution in [-0.2, 0) is 6.54 Å². The normalized spacial score (nSPS) is 16.8. The molecule has 1 aliphatic heterocycles. The van der Waals surface area contributed by atoms with Gasteiger partial charge in [0.2, 0.25) is 0 Å². The standard InChI is InChI=1S/C13H15BrN4O2/c14-12-5-11-10(6-15-12)16-8-18(11)7-9-1-3-17(4-2-9)13(19)20/h5-6,8-9H,1-4,7H2,(H,19,20). The second-order valence-corrected chi connectivity index (χ2v) is 5.92. The summed E-state index contributed by atoms with van der Waals surface area (Å²) >= 11 is 3.38. The molecule has 0 spiro atoms. The van der Waals surface area contributed by atoms with Crippen LogP contribution in [0.1, 0.15) is 12.8 Å². The van der Waals surface area contributed by atoms with Crippen LogP contribution in [0, 0.1) is 5.92 Å². The molecule has 1 amide bonds. The van der Waals surface area contributed by atoms with Gasteiger partial charge in [-0.2, -0.15) is 0 Å². The number of rotatable bonds is 2. The van der Waals surface area contributed by atoms with Gasteiger partial charge in [-0.3, -0.25) is 0 Å². The molecule has 20 heavy (non-hydrogen) atoms. The minimum atomic E-state index is -0.813. The number of hydrogen-bond donors (Lipinski definition) is 1. The first kappa shape index (κ1) is 13.4. The molecule has 0 radical (unpaired) electrons. The van der Waals surface area contributed by atoms with E-state index in [1.807, 2.05) is 12.4 Å². The van der Waals surface area contributed by atoms with E-state index in [2.05, 4.69) is 30.5 Å². The lowest BCUT2D eigenvalue weighted by Crippen LogP contribution is -2.38. The molecule has 0 aliphatic carbocycles. The highest BCUT2D eigenvalue weighted by Gasteiger charge is 2.22. The molecule has 2 aromatic rings. The summed E-state index contributed by atoms with van der Waals surface area (Å²) in [5.74, 6) is 0.495. The van der Waals surface area contributed by atoms with Crippen molar-refractivity contribution in [1.29, 1.82) is 0 Å². The van der Waals surface area contributed by atoms with Crippen LogP contribution < -0.4 is 0 Å². The second kappa shape index (κ2) is 5.40. The van der Waals surface area contributed by atoms with Crippen molar-refractivity contribution in [1.82, 2.24) is 19.4 Å². The molecule has 3 heterocycles. The molecule has 0 unspecified atom stereocenters. The van der Waals surface area contributed by atoms with Crippen LogP contribution >= 0.6 is 15.9 Å². The van der Waals surface area contributed by atoms with E-state index in [4.69, 9.17) is 5.11 Å². The van der Waals surface area contributed by atoms with Gasteiger partial charge >= 0.3 is 6.09 Å². The maximum atomic E-state index is 10.9. The molecule has 1 aliphatic rings. The van der Waals surface area contributed by atoms with Crippen LogP contribution in [0.2, 0.25) is 0 Å². The number of piperidine rings is 1. The smallest absolute Gasteiger partial charge is 0.407 e. The van der Waals surface area contributed by atoms with Crippen molar-refractivity contribution in [3.05, 3.63) is 23.2 Å². The maximum absolute atomic E-state index is 10.9. The van der Waals surface area contributed by atoms with E-state index in [-0.39, 0.29) is 0 Å². The van der Waals surface area contributed by atoms with Crippen molar-refractivity contribution in [3.8, 4) is 0 Å². The maximum Gasteiger partial charge on any atom is 0.407 e. The van der Waals surface area contributed by atoms with Crippen LogP contribution in [0.15, 0.2) is 23.2 Å². The average Bonchev–Trinajstić information content (AvgIpc) is 2.82. The van der Waals surface area contributed by atoms with Crippen molar-refractivity contribution in [2.45, 2.75) is 19.4 Å². The van der Waals surface area contributed by atoms with E-state index < -0.39 is 6.09 Å². The van der Waals surface area contributed by atoms with Crippen LogP contribution in [0.25, 0.3) is 11.0 Å². The number of carboxylic acid groups (broad SMARTS) is 1. The summed E-state index contributed by atoms with van der Waals surface area (Å²) in [5, 5.41) is 8.95. The van der Waals surface area contributed by atoms with Crippen LogP contribution in [0.5, 0.6) is 0 Å². The van der Waals surface area contributed by atoms with Crippen molar-refractivity contribution in [2.75, 3.05) is 13.1 Å². The van der Waals surface area contributed by atoms with Gasteiger partial charge in [-0.25, -0.2) is 14.8 Å². The van der Waals surface area contributed by atoms with Gasteiger partial charge in [-0.1, -0.05) is 0 Å². The Morgan fingerprint density at radius 2 is 2.15 bits per heavy atom. The van der Waals surface area contributed by atoms with Gasteiger partial charge < -0.3 is 14.6 Å². The van der Waals surface area contributed by atoms with Crippen molar-refractivity contribution < 1.29 is 9.90 Å². The fraction of sp³-hybridized carbons (Fsp3) is 0.462. The lowest BCUT2D eigenvalue weighted by molar-refractivity contribution is 0.122. The highest BCUT2D eigenvalue weighted by Crippen LogP contribution is 2.22. The zero-order valence-electron chi connectivity index (χ0n) is 10.9. The van der Waals surface area contributed by atoms with Crippen molar-refractivity contribution in [3.63, 3.8) is 0 Å². The third kappa shape index (κ3) is 2.63. The van der Waals surface area contributed by atoms with Gasteiger partial charge in [0.1, 0.15) is 10.1 Å². The number of fused-ring (bicyclic) bond motifs is 1. The number of imidazole rings is 1. The van der Waals surface area contributed by atoms with Crippen molar-refractivity contribution in [2.24, 2.45) is 5.92 Å². The number of hydrogen-bond acceptors (Lipinski definition) is 3. The Bertz CT molecular complexity index is 634. The largest absolute Gasteiger partial charge is 0.465 e. The molecule has 6 nitrogen and oxygen atoms in total. The third-order valence-corrected chi connectivity index (χ3v) is 4.25. The first-order chi connectivity index (χ1) is 9.63. The fourth-order valence-electron chi connectivity index (χ4n) is 2.67. The summed E-state index contributed by atoms with van der Waals surface area (Å²) in [7, 11) is 0. The first-order valence-corrected chi connectivity index (χ1v) is 7.37. The lowest BCUT2D eigenvalue weighted by Gasteiger charge is -2.30. The summed E-state index contributed by atoms with van der Waals surface area (Å²) in [4.78, 5) is 20.9. The average molecular weight is 339 g/mol. The number of nitrogens with zero attached hydrogens (tertiary/aromatic N) is 4. The minimum Gasteiger partial charge on any atom is -0.465 e. The quantitative estimate of drug-likeness (QED) is 0.854. The Morgan fingerprint density at radius 1 is 1.40 bits per heavy atom. The Kier molecular flexibility index (Phi) is 3.60. The molecule has 7 heteroatoms. The summed E-state index contributed by atoms with van der Waals surface area (Å²) < 4.78 is 2.93. The number of likely N-dealkylation sites (tertiary alicyclic amines) is 1. The zero-order valence-corrected chi connectivity index (χ0v) is 12.5. The molecular weight excluding hydrogens is 324 g/mol. The molecule has 0 aromatic carbocycles. The van der Waals surface area contributed by atoms with E-state index >= 15 is 0 Å². The highest BCUT2D eigenvalue weighted by atomic mass is 79.9. The number of halogens is 1. The minimum absolute atomic E-state index is 0.495. The molecule has 0 saturated carbocycles. The number of carbonyl (C=O) groups is 1. The zero-order chi connectivity index (χ0) is 14.1. The van der Waals surface area contributed by atoms with Gasteiger partial charge in [-0.15, -0.1) is 0 Å². The Hall–Kier alpha value is -1.63. The van der Waals surface area contributed by atoms with E-state index in [0.29, 0.717) is 19.0 Å². The Morgan fingerprint density at radius 3 is 2.85 bits per heavy atom. The van der Waals surface area contributed by atoms with Crippen LogP contribution in [-0.4, -0.2) is 43.7 Å².